The summed E-state index contributed by atoms with van der Waals surface area (Å²) >= 11 is 0. The maximum Gasteiger partial charge on any atom is 0.133 e. The molecular weight excluding hydrogens is 592 g/mol. The monoisotopic (exact) mass is 630 g/mol. The highest BCUT2D eigenvalue weighted by atomic mass is 15.1. The van der Waals surface area contributed by atoms with Crippen LogP contribution in [0.15, 0.2) is 153 Å². The molecule has 0 aromatic heterocycles. The van der Waals surface area contributed by atoms with Crippen molar-refractivity contribution in [3.05, 3.63) is 167 Å². The predicted octanol–water partition coefficient (Wildman–Crippen LogP) is 6.50. The van der Waals surface area contributed by atoms with Gasteiger partial charge in [-0.25, -0.2) is 0 Å². The fraction of sp³-hybridized carbons (Fsp3) is 0.150. The van der Waals surface area contributed by atoms with E-state index in [1.54, 1.807) is 0 Å². The number of benzene rings is 5. The Labute approximate surface area is 281 Å². The largest absolute Gasteiger partial charge is 0.368 e. The van der Waals surface area contributed by atoms with E-state index in [4.69, 9.17) is 9.98 Å². The zero-order valence-electron chi connectivity index (χ0n) is 26.7. The van der Waals surface area contributed by atoms with Crippen molar-refractivity contribution in [1.82, 2.24) is 10.6 Å². The van der Waals surface area contributed by atoms with Gasteiger partial charge in [0.1, 0.15) is 23.3 Å². The van der Waals surface area contributed by atoms with E-state index in [-0.39, 0.29) is 0 Å². The number of anilines is 2. The van der Waals surface area contributed by atoms with Gasteiger partial charge in [-0.3, -0.25) is 20.0 Å². The molecule has 0 saturated heterocycles. The molecule has 0 bridgehead atoms. The fourth-order valence-corrected chi connectivity index (χ4v) is 5.61. The van der Waals surface area contributed by atoms with Gasteiger partial charge >= 0.3 is 0 Å². The van der Waals surface area contributed by atoms with Gasteiger partial charge in [-0.2, -0.15) is 0 Å². The van der Waals surface area contributed by atoms with Crippen LogP contribution >= 0.6 is 0 Å². The standard InChI is InChI=1S/C40H38N8/c1-3-8-29(9-4-1)27-45-39(47-35-18-14-31(15-19-35)37-41-22-23-42-37)33-12-7-13-34(26-33)40(46-28-30-10-5-2-6-11-30)48-36-20-16-32(17-21-36)38-43-24-25-44-38/h1-21,26H,22-25,27-28H2,(H,41,42)(H,43,44)(H,45,47)(H,46,48). The molecule has 4 N–H and O–H groups in total. The number of amidine groups is 4. The number of hydrogen-bond acceptors (Lipinski definition) is 6. The van der Waals surface area contributed by atoms with E-state index < -0.39 is 0 Å². The Hall–Kier alpha value is -6.02. The van der Waals surface area contributed by atoms with Gasteiger partial charge in [-0.05, 0) is 65.7 Å². The zero-order valence-corrected chi connectivity index (χ0v) is 26.7. The summed E-state index contributed by atoms with van der Waals surface area (Å²) < 4.78 is 0. The highest BCUT2D eigenvalue weighted by molar-refractivity contribution is 6.13. The molecule has 2 aliphatic heterocycles. The molecule has 0 saturated carbocycles. The van der Waals surface area contributed by atoms with E-state index in [0.717, 1.165) is 94.3 Å². The molecule has 2 aliphatic rings. The first-order valence-electron chi connectivity index (χ1n) is 16.4. The summed E-state index contributed by atoms with van der Waals surface area (Å²) in [7, 11) is 0. The number of aliphatic imine (C=N–C) groups is 4. The third-order valence-electron chi connectivity index (χ3n) is 8.13. The predicted molar refractivity (Wildman–Crippen MR) is 199 cm³/mol. The maximum atomic E-state index is 5.08. The lowest BCUT2D eigenvalue weighted by Gasteiger charge is -2.15. The average Bonchev–Trinajstić information content (AvgIpc) is 3.90. The van der Waals surface area contributed by atoms with Crippen molar-refractivity contribution in [3.8, 4) is 0 Å². The van der Waals surface area contributed by atoms with Crippen molar-refractivity contribution in [2.24, 2.45) is 20.0 Å². The van der Waals surface area contributed by atoms with E-state index in [1.807, 2.05) is 36.4 Å². The molecule has 7 rings (SSSR count). The number of rotatable bonds is 10. The van der Waals surface area contributed by atoms with Gasteiger partial charge < -0.3 is 21.3 Å². The van der Waals surface area contributed by atoms with Crippen LogP contribution < -0.4 is 21.3 Å². The van der Waals surface area contributed by atoms with Crippen molar-refractivity contribution in [2.45, 2.75) is 13.1 Å². The van der Waals surface area contributed by atoms with Crippen LogP contribution in [0, 0.1) is 0 Å². The zero-order chi connectivity index (χ0) is 32.4. The lowest BCUT2D eigenvalue weighted by Crippen LogP contribution is -2.20. The molecule has 0 unspecified atom stereocenters. The summed E-state index contributed by atoms with van der Waals surface area (Å²) in [5.41, 5.74) is 8.26. The number of hydrogen-bond donors (Lipinski definition) is 4. The van der Waals surface area contributed by atoms with E-state index in [2.05, 4.69) is 128 Å². The summed E-state index contributed by atoms with van der Waals surface area (Å²) in [6.45, 7) is 4.48. The first-order chi connectivity index (χ1) is 23.8. The van der Waals surface area contributed by atoms with Crippen molar-refractivity contribution in [1.29, 1.82) is 0 Å². The van der Waals surface area contributed by atoms with Crippen LogP contribution in [0.5, 0.6) is 0 Å². The number of nitrogens with one attached hydrogen (secondary N) is 4. The van der Waals surface area contributed by atoms with Crippen LogP contribution in [0.4, 0.5) is 11.4 Å². The van der Waals surface area contributed by atoms with Gasteiger partial charge in [0.15, 0.2) is 0 Å². The van der Waals surface area contributed by atoms with Crippen LogP contribution in [-0.2, 0) is 13.1 Å². The third-order valence-corrected chi connectivity index (χ3v) is 8.13. The average molecular weight is 631 g/mol. The molecule has 0 atom stereocenters. The quantitative estimate of drug-likeness (QED) is 0.105. The minimum Gasteiger partial charge on any atom is -0.368 e. The van der Waals surface area contributed by atoms with E-state index in [9.17, 15) is 0 Å². The van der Waals surface area contributed by atoms with Crippen LogP contribution in [0.2, 0.25) is 0 Å². The smallest absolute Gasteiger partial charge is 0.133 e. The number of nitrogens with zero attached hydrogens (tertiary/aromatic N) is 4. The molecule has 8 heteroatoms. The second-order valence-corrected chi connectivity index (χ2v) is 11.6. The molecule has 0 radical (unpaired) electrons. The van der Waals surface area contributed by atoms with Crippen LogP contribution in [0.25, 0.3) is 0 Å². The Morgan fingerprint density at radius 3 is 1.35 bits per heavy atom. The normalized spacial score (nSPS) is 14.5. The molecule has 0 spiro atoms. The summed E-state index contributed by atoms with van der Waals surface area (Å²) in [4.78, 5) is 19.3. The minimum atomic E-state index is 0.548. The summed E-state index contributed by atoms with van der Waals surface area (Å²) in [6, 6.07) is 45.6. The third kappa shape index (κ3) is 7.85. The van der Waals surface area contributed by atoms with Gasteiger partial charge in [0.05, 0.1) is 26.2 Å². The van der Waals surface area contributed by atoms with E-state index >= 15 is 0 Å². The lowest BCUT2D eigenvalue weighted by molar-refractivity contribution is 0.960. The molecular formula is C40H38N8. The molecule has 0 amide bonds. The van der Waals surface area contributed by atoms with Gasteiger partial charge in [-0.15, -0.1) is 0 Å². The van der Waals surface area contributed by atoms with Crippen molar-refractivity contribution >= 4 is 34.7 Å². The van der Waals surface area contributed by atoms with Gasteiger partial charge in [-0.1, -0.05) is 78.9 Å². The van der Waals surface area contributed by atoms with Crippen LogP contribution in [0.1, 0.15) is 33.4 Å². The van der Waals surface area contributed by atoms with E-state index in [1.165, 1.54) is 0 Å². The first kappa shape index (κ1) is 30.6. The summed E-state index contributed by atoms with van der Waals surface area (Å²) in [5.74, 6) is 3.45. The van der Waals surface area contributed by atoms with Gasteiger partial charge in [0.25, 0.3) is 0 Å². The highest BCUT2D eigenvalue weighted by Gasteiger charge is 2.13. The Bertz CT molecular complexity index is 1800. The topological polar surface area (TPSA) is 97.6 Å². The van der Waals surface area contributed by atoms with E-state index in [0.29, 0.717) is 13.1 Å². The molecule has 2 heterocycles. The summed E-state index contributed by atoms with van der Waals surface area (Å²) in [5, 5.41) is 13.9. The molecule has 5 aromatic rings. The first-order valence-corrected chi connectivity index (χ1v) is 16.4. The Kier molecular flexibility index (Phi) is 9.60. The second-order valence-electron chi connectivity index (χ2n) is 11.6. The van der Waals surface area contributed by atoms with Gasteiger partial charge in [0, 0.05) is 46.7 Å². The highest BCUT2D eigenvalue weighted by Crippen LogP contribution is 2.18. The maximum absolute atomic E-state index is 5.08. The van der Waals surface area contributed by atoms with Crippen molar-refractivity contribution < 1.29 is 0 Å². The molecule has 48 heavy (non-hydrogen) atoms. The fourth-order valence-electron chi connectivity index (χ4n) is 5.61. The second kappa shape index (κ2) is 15.0. The van der Waals surface area contributed by atoms with Gasteiger partial charge in [0.2, 0.25) is 0 Å². The Morgan fingerprint density at radius 2 is 0.958 bits per heavy atom. The Balaban J connectivity index is 1.19. The molecule has 5 aromatic carbocycles. The van der Waals surface area contributed by atoms with Crippen LogP contribution in [0.3, 0.4) is 0 Å². The molecule has 0 fully saturated rings. The SMILES string of the molecule is c1ccc(CN=C(Nc2ccc(C3=NCCN3)cc2)c2cccc(C(=NCc3ccccc3)Nc3ccc(C4=NCCN4)cc3)c2)cc1. The molecule has 0 aliphatic carbocycles. The lowest BCUT2D eigenvalue weighted by atomic mass is 10.1. The van der Waals surface area contributed by atoms with Crippen LogP contribution in [-0.4, -0.2) is 49.5 Å². The molecule has 8 nitrogen and oxygen atoms in total. The Morgan fingerprint density at radius 1 is 0.521 bits per heavy atom. The molecule has 238 valence electrons. The minimum absolute atomic E-state index is 0.548. The van der Waals surface area contributed by atoms with Crippen molar-refractivity contribution in [2.75, 3.05) is 36.8 Å². The summed E-state index contributed by atoms with van der Waals surface area (Å²) in [6.07, 6.45) is 0. The van der Waals surface area contributed by atoms with Crippen molar-refractivity contribution in [3.63, 3.8) is 0 Å².